The van der Waals surface area contributed by atoms with Crippen LogP contribution in [0.1, 0.15) is 82.6 Å². The lowest BCUT2D eigenvalue weighted by Crippen LogP contribution is -2.52. The van der Waals surface area contributed by atoms with Gasteiger partial charge in [0.05, 0.1) is 58.7 Å². The Balaban J connectivity index is 1.21. The SMILES string of the molecule is CC(C)(C)NC(=O)N1CCn2nc(-c3ccc(CC(C)(C)NC(=O)N4CCn5nc(-c6cccc(Cl)c6Cl)c(C(N)=O)c5C4)cc3C(N)=O)c(C(N)=O)c2C1. The van der Waals surface area contributed by atoms with Gasteiger partial charge in [-0.2, -0.15) is 10.2 Å². The van der Waals surface area contributed by atoms with Gasteiger partial charge in [0.25, 0.3) is 11.8 Å². The molecule has 16 nitrogen and oxygen atoms in total. The molecule has 0 unspecified atom stereocenters. The molecule has 0 saturated heterocycles. The monoisotopic (exact) mass is 791 g/mol. The topological polar surface area (TPSA) is 230 Å². The minimum Gasteiger partial charge on any atom is -0.366 e. The lowest BCUT2D eigenvalue weighted by atomic mass is 9.91. The zero-order chi connectivity index (χ0) is 40.1. The van der Waals surface area contributed by atoms with Crippen LogP contribution in [0.15, 0.2) is 36.4 Å². The highest BCUT2D eigenvalue weighted by Gasteiger charge is 2.34. The maximum Gasteiger partial charge on any atom is 0.318 e. The number of fused-ring (bicyclic) bond motifs is 2. The highest BCUT2D eigenvalue weighted by atomic mass is 35.5. The van der Waals surface area contributed by atoms with Gasteiger partial charge in [-0.15, -0.1) is 0 Å². The number of urea groups is 2. The number of rotatable bonds is 8. The molecule has 8 N–H and O–H groups in total. The summed E-state index contributed by atoms with van der Waals surface area (Å²) >= 11 is 12.7. The summed E-state index contributed by atoms with van der Waals surface area (Å²) in [6.07, 6.45) is 0.287. The first-order chi connectivity index (χ1) is 25.7. The number of halogens is 2. The van der Waals surface area contributed by atoms with E-state index < -0.39 is 28.8 Å². The van der Waals surface area contributed by atoms with Crippen LogP contribution in [0, 0.1) is 0 Å². The van der Waals surface area contributed by atoms with E-state index in [9.17, 15) is 24.0 Å². The van der Waals surface area contributed by atoms with Crippen LogP contribution in [0.4, 0.5) is 9.59 Å². The normalized spacial score (nSPS) is 14.2. The highest BCUT2D eigenvalue weighted by molar-refractivity contribution is 6.43. The van der Waals surface area contributed by atoms with Crippen LogP contribution in [-0.2, 0) is 32.6 Å². The second-order valence-corrected chi connectivity index (χ2v) is 16.2. The fourth-order valence-electron chi connectivity index (χ4n) is 7.00. The first-order valence-corrected chi connectivity index (χ1v) is 18.3. The molecule has 6 rings (SSSR count). The summed E-state index contributed by atoms with van der Waals surface area (Å²) in [4.78, 5) is 68.2. The highest BCUT2D eigenvalue weighted by Crippen LogP contribution is 2.37. The third kappa shape index (κ3) is 7.96. The van der Waals surface area contributed by atoms with Crippen LogP contribution < -0.4 is 27.8 Å². The van der Waals surface area contributed by atoms with E-state index in [-0.39, 0.29) is 64.7 Å². The lowest BCUT2D eigenvalue weighted by molar-refractivity contribution is 0.0988. The lowest BCUT2D eigenvalue weighted by Gasteiger charge is -2.33. The first kappa shape index (κ1) is 39.1. The Bertz CT molecular complexity index is 2260. The number of nitrogens with two attached hydrogens (primary N) is 3. The number of benzene rings is 2. The second-order valence-electron chi connectivity index (χ2n) is 15.4. The van der Waals surface area contributed by atoms with Crippen molar-refractivity contribution in [1.82, 2.24) is 40.0 Å². The van der Waals surface area contributed by atoms with Gasteiger partial charge in [0.15, 0.2) is 0 Å². The fraction of sp³-hybridized carbons (Fsp3) is 0.378. The molecule has 55 heavy (non-hydrogen) atoms. The Labute approximate surface area is 327 Å². The summed E-state index contributed by atoms with van der Waals surface area (Å²) in [5, 5.41) is 15.8. The van der Waals surface area contributed by atoms with Gasteiger partial charge in [-0.25, -0.2) is 9.59 Å². The maximum atomic E-state index is 13.7. The Morgan fingerprint density at radius 1 is 0.709 bits per heavy atom. The standard InChI is InChI=1S/C37H43Cl2N11O5/c1-36(2,3)43-34(54)47-11-13-49-24(17-47)26(32(41)52)29(45-49)20-10-9-19(15-22(20)31(40)51)16-37(4,5)44-35(55)48-12-14-50-25(18-48)27(33(42)53)30(46-50)21-7-6-8-23(38)28(21)39/h6-10,15H,11-14,16-18H2,1-5H3,(H2,40,51)(H2,41,52)(H2,42,53)(H,43,54)(H,44,55). The Morgan fingerprint density at radius 3 is 1.75 bits per heavy atom. The molecule has 4 heterocycles. The van der Waals surface area contributed by atoms with Gasteiger partial charge in [-0.05, 0) is 58.7 Å². The van der Waals surface area contributed by atoms with Crippen molar-refractivity contribution in [2.75, 3.05) is 13.1 Å². The molecular weight excluding hydrogens is 749 g/mol. The van der Waals surface area contributed by atoms with Crippen LogP contribution in [0.3, 0.4) is 0 Å². The summed E-state index contributed by atoms with van der Waals surface area (Å²) in [5.41, 5.74) is 19.5. The molecule has 2 aromatic heterocycles. The van der Waals surface area contributed by atoms with Crippen LogP contribution in [0.2, 0.25) is 10.0 Å². The summed E-state index contributed by atoms with van der Waals surface area (Å²) < 4.78 is 3.27. The minimum absolute atomic E-state index is 0.0573. The zero-order valence-corrected chi connectivity index (χ0v) is 32.6. The van der Waals surface area contributed by atoms with E-state index in [2.05, 4.69) is 20.8 Å². The average molecular weight is 793 g/mol. The third-order valence-corrected chi connectivity index (χ3v) is 10.2. The first-order valence-electron chi connectivity index (χ1n) is 17.5. The van der Waals surface area contributed by atoms with E-state index >= 15 is 0 Å². The Kier molecular flexibility index (Phi) is 10.4. The van der Waals surface area contributed by atoms with Crippen LogP contribution in [0.25, 0.3) is 22.5 Å². The van der Waals surface area contributed by atoms with Crippen molar-refractivity contribution in [3.05, 3.63) is 80.1 Å². The average Bonchev–Trinajstić information content (AvgIpc) is 3.66. The van der Waals surface area contributed by atoms with Gasteiger partial charge < -0.3 is 37.6 Å². The molecule has 2 aliphatic rings. The predicted molar refractivity (Wildman–Crippen MR) is 206 cm³/mol. The van der Waals surface area contributed by atoms with Gasteiger partial charge in [0.1, 0.15) is 11.4 Å². The van der Waals surface area contributed by atoms with E-state index in [1.165, 1.54) is 0 Å². The van der Waals surface area contributed by atoms with E-state index in [1.54, 1.807) is 55.6 Å². The van der Waals surface area contributed by atoms with E-state index in [4.69, 9.17) is 40.4 Å². The second kappa shape index (κ2) is 14.6. The Morgan fingerprint density at radius 2 is 1.24 bits per heavy atom. The Hall–Kier alpha value is -5.61. The number of carbonyl (C=O) groups excluding carboxylic acids is 5. The van der Waals surface area contributed by atoms with Crippen molar-refractivity contribution in [2.24, 2.45) is 17.2 Å². The summed E-state index contributed by atoms with van der Waals surface area (Å²) in [6, 6.07) is 9.37. The van der Waals surface area contributed by atoms with Crippen molar-refractivity contribution in [1.29, 1.82) is 0 Å². The number of aromatic nitrogens is 4. The molecule has 290 valence electrons. The maximum absolute atomic E-state index is 13.7. The zero-order valence-electron chi connectivity index (χ0n) is 31.1. The number of nitrogens with one attached hydrogen (secondary N) is 2. The van der Waals surface area contributed by atoms with Gasteiger partial charge in [-0.1, -0.05) is 47.5 Å². The fourth-order valence-corrected chi connectivity index (χ4v) is 7.39. The summed E-state index contributed by atoms with van der Waals surface area (Å²) in [6.45, 7) is 10.7. The summed E-state index contributed by atoms with van der Waals surface area (Å²) in [5.74, 6) is -2.22. The van der Waals surface area contributed by atoms with Crippen molar-refractivity contribution < 1.29 is 24.0 Å². The molecule has 4 aromatic rings. The quantitative estimate of drug-likeness (QED) is 0.177. The molecule has 18 heteroatoms. The molecule has 0 saturated carbocycles. The molecule has 2 aliphatic heterocycles. The van der Waals surface area contributed by atoms with Crippen molar-refractivity contribution in [3.63, 3.8) is 0 Å². The number of hydrogen-bond acceptors (Lipinski definition) is 7. The number of amides is 7. The van der Waals surface area contributed by atoms with Gasteiger partial charge >= 0.3 is 12.1 Å². The van der Waals surface area contributed by atoms with Gasteiger partial charge in [0.2, 0.25) is 5.91 Å². The number of hydrogen-bond donors (Lipinski definition) is 5. The number of nitrogens with zero attached hydrogens (tertiary/aromatic N) is 6. The minimum atomic E-state index is -0.833. The molecule has 7 amide bonds. The predicted octanol–water partition coefficient (Wildman–Crippen LogP) is 3.89. The van der Waals surface area contributed by atoms with Gasteiger partial charge in [0, 0.05) is 40.9 Å². The largest absolute Gasteiger partial charge is 0.366 e. The number of primary amides is 3. The van der Waals surface area contributed by atoms with Crippen molar-refractivity contribution in [2.45, 2.75) is 78.3 Å². The van der Waals surface area contributed by atoms with Crippen molar-refractivity contribution in [3.8, 4) is 22.5 Å². The van der Waals surface area contributed by atoms with E-state index in [0.29, 0.717) is 59.3 Å². The molecule has 0 aliphatic carbocycles. The van der Waals surface area contributed by atoms with E-state index in [1.807, 2.05) is 34.6 Å². The molecule has 0 radical (unpaired) electrons. The molecular formula is C37H43Cl2N11O5. The van der Waals surface area contributed by atoms with Crippen LogP contribution >= 0.6 is 23.2 Å². The summed E-state index contributed by atoms with van der Waals surface area (Å²) in [7, 11) is 0. The molecule has 2 aromatic carbocycles. The molecule has 0 atom stereocenters. The van der Waals surface area contributed by atoms with Crippen molar-refractivity contribution >= 4 is 53.0 Å². The van der Waals surface area contributed by atoms with Crippen LogP contribution in [0.5, 0.6) is 0 Å². The smallest absolute Gasteiger partial charge is 0.318 e. The number of carbonyl (C=O) groups is 5. The third-order valence-electron chi connectivity index (χ3n) is 9.41. The molecule has 0 bridgehead atoms. The molecule has 0 fully saturated rings. The van der Waals surface area contributed by atoms with Gasteiger partial charge in [-0.3, -0.25) is 23.7 Å². The molecule has 0 spiro atoms. The van der Waals surface area contributed by atoms with Crippen LogP contribution in [-0.4, -0.2) is 83.3 Å². The van der Waals surface area contributed by atoms with E-state index in [0.717, 1.165) is 0 Å².